The number of hydrogen-bond donors (Lipinski definition) is 1. The van der Waals surface area contributed by atoms with Gasteiger partial charge >= 0.3 is 0 Å². The Labute approximate surface area is 189 Å². The second-order valence-electron chi connectivity index (χ2n) is 6.93. The summed E-state index contributed by atoms with van der Waals surface area (Å²) in [6.45, 7) is 8.82. The number of halogens is 1. The minimum atomic E-state index is -0.259. The maximum absolute atomic E-state index is 12.3. The average Bonchev–Trinajstić information content (AvgIpc) is 3.14. The molecule has 0 radical (unpaired) electrons. The Bertz CT molecular complexity index is 1020. The molecular formula is C22H25BrN4O2S. The quantitative estimate of drug-likeness (QED) is 0.421. The van der Waals surface area contributed by atoms with Crippen LogP contribution in [0.2, 0.25) is 0 Å². The first kappa shape index (κ1) is 22.4. The van der Waals surface area contributed by atoms with Gasteiger partial charge < -0.3 is 14.6 Å². The number of thioether (sulfide) groups is 1. The van der Waals surface area contributed by atoms with Gasteiger partial charge in [0.25, 0.3) is 0 Å². The highest BCUT2D eigenvalue weighted by atomic mass is 79.9. The van der Waals surface area contributed by atoms with Gasteiger partial charge in [0.2, 0.25) is 5.91 Å². The Morgan fingerprint density at radius 1 is 1.17 bits per heavy atom. The second kappa shape index (κ2) is 10.1. The number of benzene rings is 2. The molecule has 2 aromatic carbocycles. The molecule has 0 fully saturated rings. The molecule has 6 nitrogen and oxygen atoms in total. The number of carbonyl (C=O) groups excluding carboxylic acids is 1. The summed E-state index contributed by atoms with van der Waals surface area (Å²) >= 11 is 4.75. The molecule has 0 spiro atoms. The van der Waals surface area contributed by atoms with Gasteiger partial charge in [0.05, 0.1) is 5.75 Å². The van der Waals surface area contributed by atoms with Crippen molar-refractivity contribution in [1.29, 1.82) is 0 Å². The lowest BCUT2D eigenvalue weighted by Gasteiger charge is -2.16. The van der Waals surface area contributed by atoms with E-state index in [2.05, 4.69) is 45.3 Å². The van der Waals surface area contributed by atoms with Crippen LogP contribution >= 0.6 is 27.7 Å². The Balaban J connectivity index is 1.63. The highest BCUT2D eigenvalue weighted by molar-refractivity contribution is 9.10. The fourth-order valence-corrected chi connectivity index (χ4v) is 3.98. The van der Waals surface area contributed by atoms with Gasteiger partial charge in [-0.15, -0.1) is 10.2 Å². The molecule has 0 saturated carbocycles. The molecule has 158 valence electrons. The van der Waals surface area contributed by atoms with E-state index in [0.717, 1.165) is 21.7 Å². The maximum atomic E-state index is 12.3. The van der Waals surface area contributed by atoms with E-state index in [1.165, 1.54) is 22.9 Å². The second-order valence-corrected chi connectivity index (χ2v) is 8.79. The van der Waals surface area contributed by atoms with E-state index in [9.17, 15) is 4.79 Å². The van der Waals surface area contributed by atoms with E-state index in [1.807, 2.05) is 60.9 Å². The van der Waals surface area contributed by atoms with Crippen LogP contribution in [0.5, 0.6) is 5.75 Å². The molecule has 30 heavy (non-hydrogen) atoms. The van der Waals surface area contributed by atoms with Gasteiger partial charge in [-0.05, 0) is 75.2 Å². The van der Waals surface area contributed by atoms with Crippen LogP contribution in [0, 0.1) is 13.8 Å². The first-order chi connectivity index (χ1) is 14.4. The van der Waals surface area contributed by atoms with Gasteiger partial charge in [0, 0.05) is 16.7 Å². The number of hydrogen-bond acceptors (Lipinski definition) is 5. The van der Waals surface area contributed by atoms with Crippen LogP contribution in [0.4, 0.5) is 5.69 Å². The third-order valence-electron chi connectivity index (χ3n) is 4.68. The van der Waals surface area contributed by atoms with E-state index in [4.69, 9.17) is 4.74 Å². The standard InChI is InChI=1S/C22H25BrN4O2S/c1-5-27-21(16(4)29-19-11-6-14(2)15(3)12-19)25-26-22(27)30-13-20(28)24-18-9-7-17(23)8-10-18/h6-12,16H,5,13H2,1-4H3,(H,24,28). The smallest absolute Gasteiger partial charge is 0.234 e. The van der Waals surface area contributed by atoms with E-state index < -0.39 is 0 Å². The molecule has 3 rings (SSSR count). The normalized spacial score (nSPS) is 11.9. The molecule has 0 aliphatic carbocycles. The zero-order valence-electron chi connectivity index (χ0n) is 17.5. The summed E-state index contributed by atoms with van der Waals surface area (Å²) in [6.07, 6.45) is -0.259. The van der Waals surface area contributed by atoms with Crippen molar-refractivity contribution in [2.45, 2.75) is 45.5 Å². The van der Waals surface area contributed by atoms with Crippen LogP contribution in [-0.4, -0.2) is 26.4 Å². The third-order valence-corrected chi connectivity index (χ3v) is 6.17. The Kier molecular flexibility index (Phi) is 7.55. The van der Waals surface area contributed by atoms with E-state index >= 15 is 0 Å². The SMILES string of the molecule is CCn1c(SCC(=O)Nc2ccc(Br)cc2)nnc1C(C)Oc1ccc(C)c(C)c1. The predicted molar refractivity (Wildman–Crippen MR) is 124 cm³/mol. The Morgan fingerprint density at radius 3 is 2.57 bits per heavy atom. The van der Waals surface area contributed by atoms with Crippen LogP contribution in [-0.2, 0) is 11.3 Å². The summed E-state index contributed by atoms with van der Waals surface area (Å²) in [5, 5.41) is 12.2. The average molecular weight is 489 g/mol. The number of ether oxygens (including phenoxy) is 1. The summed E-state index contributed by atoms with van der Waals surface area (Å²) in [5.74, 6) is 1.71. The van der Waals surface area contributed by atoms with Gasteiger partial charge in [-0.2, -0.15) is 0 Å². The molecule has 3 aromatic rings. The van der Waals surface area contributed by atoms with E-state index in [1.54, 1.807) is 0 Å². The summed E-state index contributed by atoms with van der Waals surface area (Å²) in [7, 11) is 0. The van der Waals surface area contributed by atoms with Crippen molar-refractivity contribution >= 4 is 39.3 Å². The van der Waals surface area contributed by atoms with E-state index in [-0.39, 0.29) is 17.8 Å². The Hall–Kier alpha value is -2.32. The van der Waals surface area contributed by atoms with Crippen molar-refractivity contribution in [3.8, 4) is 5.75 Å². The molecule has 1 heterocycles. The molecule has 0 aliphatic heterocycles. The number of rotatable bonds is 8. The van der Waals surface area contributed by atoms with Crippen molar-refractivity contribution in [1.82, 2.24) is 14.8 Å². The van der Waals surface area contributed by atoms with Crippen molar-refractivity contribution in [3.63, 3.8) is 0 Å². The molecule has 0 bridgehead atoms. The number of nitrogens with zero attached hydrogens (tertiary/aromatic N) is 3. The Morgan fingerprint density at radius 2 is 1.90 bits per heavy atom. The number of anilines is 1. The van der Waals surface area contributed by atoms with Crippen LogP contribution < -0.4 is 10.1 Å². The van der Waals surface area contributed by atoms with E-state index in [0.29, 0.717) is 11.7 Å². The molecule has 1 atom stereocenters. The van der Waals surface area contributed by atoms with Crippen molar-refractivity contribution in [2.24, 2.45) is 0 Å². The monoisotopic (exact) mass is 488 g/mol. The molecule has 1 unspecified atom stereocenters. The highest BCUT2D eigenvalue weighted by Crippen LogP contribution is 2.26. The van der Waals surface area contributed by atoms with Gasteiger partial charge in [-0.3, -0.25) is 4.79 Å². The lowest BCUT2D eigenvalue weighted by atomic mass is 10.1. The molecule has 1 amide bonds. The van der Waals surface area contributed by atoms with Crippen molar-refractivity contribution in [3.05, 3.63) is 63.9 Å². The molecule has 8 heteroatoms. The number of amides is 1. The van der Waals surface area contributed by atoms with Gasteiger partial charge in [0.1, 0.15) is 5.75 Å². The van der Waals surface area contributed by atoms with Gasteiger partial charge in [-0.1, -0.05) is 33.8 Å². The van der Waals surface area contributed by atoms with Crippen LogP contribution in [0.15, 0.2) is 52.1 Å². The summed E-state index contributed by atoms with van der Waals surface area (Å²) < 4.78 is 9.05. The molecule has 0 saturated heterocycles. The lowest BCUT2D eigenvalue weighted by Crippen LogP contribution is -2.15. The summed E-state index contributed by atoms with van der Waals surface area (Å²) in [4.78, 5) is 12.3. The summed E-state index contributed by atoms with van der Waals surface area (Å²) in [6, 6.07) is 13.5. The highest BCUT2D eigenvalue weighted by Gasteiger charge is 2.19. The maximum Gasteiger partial charge on any atom is 0.234 e. The van der Waals surface area contributed by atoms with Gasteiger partial charge in [0.15, 0.2) is 17.1 Å². The first-order valence-electron chi connectivity index (χ1n) is 9.72. The van der Waals surface area contributed by atoms with Crippen molar-refractivity contribution < 1.29 is 9.53 Å². The first-order valence-corrected chi connectivity index (χ1v) is 11.5. The number of aromatic nitrogens is 3. The zero-order valence-corrected chi connectivity index (χ0v) is 19.9. The fraction of sp³-hybridized carbons (Fsp3) is 0.318. The third kappa shape index (κ3) is 5.64. The molecule has 1 aromatic heterocycles. The zero-order chi connectivity index (χ0) is 21.7. The predicted octanol–water partition coefficient (Wildman–Crippen LogP) is 5.55. The topological polar surface area (TPSA) is 69.0 Å². The minimum absolute atomic E-state index is 0.0889. The fourth-order valence-electron chi connectivity index (χ4n) is 2.91. The number of aryl methyl sites for hydroxylation is 2. The lowest BCUT2D eigenvalue weighted by molar-refractivity contribution is -0.113. The molecule has 0 aliphatic rings. The number of nitrogens with one attached hydrogen (secondary N) is 1. The van der Waals surface area contributed by atoms with Crippen LogP contribution in [0.3, 0.4) is 0 Å². The molecular weight excluding hydrogens is 464 g/mol. The largest absolute Gasteiger partial charge is 0.483 e. The van der Waals surface area contributed by atoms with Gasteiger partial charge in [-0.25, -0.2) is 0 Å². The number of carbonyl (C=O) groups is 1. The summed E-state index contributed by atoms with van der Waals surface area (Å²) in [5.41, 5.74) is 3.17. The van der Waals surface area contributed by atoms with Crippen LogP contribution in [0.25, 0.3) is 0 Å². The van der Waals surface area contributed by atoms with Crippen LogP contribution in [0.1, 0.15) is 36.9 Å². The minimum Gasteiger partial charge on any atom is -0.483 e. The molecule has 1 N–H and O–H groups in total. The van der Waals surface area contributed by atoms with Crippen molar-refractivity contribution in [2.75, 3.05) is 11.1 Å².